The molecule has 123 valence electrons. The van der Waals surface area contributed by atoms with Crippen LogP contribution in [0.4, 0.5) is 5.69 Å². The van der Waals surface area contributed by atoms with Crippen molar-refractivity contribution in [3.63, 3.8) is 0 Å². The Morgan fingerprint density at radius 1 is 0.913 bits per heavy atom. The first-order valence-electron chi connectivity index (χ1n) is 9.69. The summed E-state index contributed by atoms with van der Waals surface area (Å²) in [6.07, 6.45) is 8.97. The maximum Gasteiger partial charge on any atom is 0.0567 e. The Morgan fingerprint density at radius 2 is 1.52 bits per heavy atom. The Hall–Kier alpha value is -0.980. The molecule has 1 heteroatoms. The van der Waals surface area contributed by atoms with Crippen LogP contribution < -0.4 is 4.90 Å². The standard InChI is InChI=1S/C22H30N/c1-15-6-4-5-7-20(15)23-14-22(13-21(23,2)3)18-9-16-8-17(11-18)12-19(22)10-16/h4-7,14,16-19H,8-13H2,1-3H3. The summed E-state index contributed by atoms with van der Waals surface area (Å²) < 4.78 is 0. The number of nitrogens with zero attached hydrogens (tertiary/aromatic N) is 1. The lowest BCUT2D eigenvalue weighted by molar-refractivity contribution is -0.0887. The SMILES string of the molecule is Cc1ccccc1N1[CH]C2(CC1(C)C)C1CC3CC(C1)CC2C3. The number of benzene rings is 1. The molecule has 4 bridgehead atoms. The molecule has 1 nitrogen and oxygen atoms in total. The van der Waals surface area contributed by atoms with E-state index in [0.29, 0.717) is 5.41 Å². The van der Waals surface area contributed by atoms with Crippen molar-refractivity contribution < 1.29 is 0 Å². The molecule has 1 heterocycles. The fourth-order valence-electron chi connectivity index (χ4n) is 7.09. The molecular weight excluding hydrogens is 278 g/mol. The average molecular weight is 308 g/mol. The smallest absolute Gasteiger partial charge is 0.0567 e. The molecular formula is C22H30N. The Labute approximate surface area is 141 Å². The summed E-state index contributed by atoms with van der Waals surface area (Å²) in [6.45, 7) is 9.93. The summed E-state index contributed by atoms with van der Waals surface area (Å²) in [6, 6.07) is 8.96. The molecule has 0 unspecified atom stereocenters. The largest absolute Gasteiger partial charge is 0.361 e. The van der Waals surface area contributed by atoms with Crippen LogP contribution in [0.15, 0.2) is 24.3 Å². The van der Waals surface area contributed by atoms with Gasteiger partial charge in [-0.1, -0.05) is 18.2 Å². The molecule has 1 aromatic carbocycles. The van der Waals surface area contributed by atoms with Crippen LogP contribution >= 0.6 is 0 Å². The molecule has 5 aliphatic rings. The molecule has 4 aliphatic carbocycles. The summed E-state index contributed by atoms with van der Waals surface area (Å²) in [5, 5.41) is 0. The number of hydrogen-bond donors (Lipinski definition) is 0. The molecule has 1 saturated heterocycles. The van der Waals surface area contributed by atoms with Crippen LogP contribution in [0.2, 0.25) is 0 Å². The first kappa shape index (κ1) is 14.4. The highest BCUT2D eigenvalue weighted by atomic mass is 15.2. The van der Waals surface area contributed by atoms with Crippen molar-refractivity contribution in [2.75, 3.05) is 4.90 Å². The highest BCUT2D eigenvalue weighted by molar-refractivity contribution is 5.59. The Kier molecular flexibility index (Phi) is 2.84. The minimum Gasteiger partial charge on any atom is -0.361 e. The molecule has 1 radical (unpaired) electrons. The third kappa shape index (κ3) is 1.91. The van der Waals surface area contributed by atoms with E-state index in [1.807, 2.05) is 0 Å². The highest BCUT2D eigenvalue weighted by Gasteiger charge is 2.62. The fraction of sp³-hybridized carbons (Fsp3) is 0.682. The predicted octanol–water partition coefficient (Wildman–Crippen LogP) is 5.59. The van der Waals surface area contributed by atoms with E-state index in [4.69, 9.17) is 0 Å². The van der Waals surface area contributed by atoms with Crippen molar-refractivity contribution in [3.8, 4) is 0 Å². The molecule has 0 N–H and O–H groups in total. The summed E-state index contributed by atoms with van der Waals surface area (Å²) in [5.41, 5.74) is 3.60. The monoisotopic (exact) mass is 308 g/mol. The van der Waals surface area contributed by atoms with Gasteiger partial charge in [-0.2, -0.15) is 0 Å². The third-order valence-electron chi connectivity index (χ3n) is 7.79. The lowest BCUT2D eigenvalue weighted by Crippen LogP contribution is -2.52. The van der Waals surface area contributed by atoms with Crippen LogP contribution in [0.3, 0.4) is 0 Å². The molecule has 6 rings (SSSR count). The van der Waals surface area contributed by atoms with E-state index in [1.165, 1.54) is 43.4 Å². The zero-order valence-corrected chi connectivity index (χ0v) is 14.9. The quantitative estimate of drug-likeness (QED) is 0.654. The van der Waals surface area contributed by atoms with Gasteiger partial charge in [-0.15, -0.1) is 0 Å². The van der Waals surface area contributed by atoms with E-state index in [0.717, 1.165) is 23.7 Å². The molecule has 0 aromatic heterocycles. The molecule has 23 heavy (non-hydrogen) atoms. The zero-order chi connectivity index (χ0) is 15.8. The zero-order valence-electron chi connectivity index (χ0n) is 14.9. The van der Waals surface area contributed by atoms with Gasteiger partial charge < -0.3 is 4.90 Å². The third-order valence-corrected chi connectivity index (χ3v) is 7.79. The van der Waals surface area contributed by atoms with E-state index in [2.05, 4.69) is 56.5 Å². The molecule has 1 aromatic rings. The number of rotatable bonds is 1. The lowest BCUT2D eigenvalue weighted by Gasteiger charge is -2.60. The molecule has 0 atom stereocenters. The molecule has 5 fully saturated rings. The van der Waals surface area contributed by atoms with Gasteiger partial charge in [-0.25, -0.2) is 0 Å². The summed E-state index contributed by atoms with van der Waals surface area (Å²) in [4.78, 5) is 2.66. The fourth-order valence-corrected chi connectivity index (χ4v) is 7.09. The Balaban J connectivity index is 1.54. The first-order chi connectivity index (χ1) is 11.0. The number of aryl methyl sites for hydroxylation is 1. The summed E-state index contributed by atoms with van der Waals surface area (Å²) in [5.74, 6) is 4.05. The minimum atomic E-state index is 0.251. The second kappa shape index (κ2) is 4.55. The number of hydrogen-bond acceptors (Lipinski definition) is 1. The van der Waals surface area contributed by atoms with Crippen molar-refractivity contribution >= 4 is 5.69 Å². The van der Waals surface area contributed by atoms with Crippen LogP contribution in [-0.2, 0) is 0 Å². The number of anilines is 1. The Morgan fingerprint density at radius 3 is 2.13 bits per heavy atom. The van der Waals surface area contributed by atoms with E-state index in [9.17, 15) is 0 Å². The van der Waals surface area contributed by atoms with Gasteiger partial charge in [0, 0.05) is 16.6 Å². The van der Waals surface area contributed by atoms with Gasteiger partial charge in [0.15, 0.2) is 0 Å². The highest BCUT2D eigenvalue weighted by Crippen LogP contribution is 2.68. The van der Waals surface area contributed by atoms with Gasteiger partial charge in [0.25, 0.3) is 0 Å². The molecule has 4 saturated carbocycles. The molecule has 1 aliphatic heterocycles. The second-order valence-electron chi connectivity index (χ2n) is 9.69. The first-order valence-corrected chi connectivity index (χ1v) is 9.69. The van der Waals surface area contributed by atoms with Crippen molar-refractivity contribution in [1.82, 2.24) is 0 Å². The summed E-state index contributed by atoms with van der Waals surface area (Å²) >= 11 is 0. The van der Waals surface area contributed by atoms with Crippen LogP contribution in [0.5, 0.6) is 0 Å². The van der Waals surface area contributed by atoms with Gasteiger partial charge in [0.05, 0.1) is 6.54 Å². The number of para-hydroxylation sites is 1. The van der Waals surface area contributed by atoms with E-state index in [1.54, 1.807) is 6.42 Å². The van der Waals surface area contributed by atoms with Crippen LogP contribution in [0.1, 0.15) is 57.9 Å². The maximum atomic E-state index is 2.72. The van der Waals surface area contributed by atoms with Crippen molar-refractivity contribution in [2.45, 2.75) is 64.8 Å². The normalized spacial score (nSPS) is 43.5. The van der Waals surface area contributed by atoms with Crippen LogP contribution in [0.25, 0.3) is 0 Å². The lowest BCUT2D eigenvalue weighted by atomic mass is 9.44. The van der Waals surface area contributed by atoms with Crippen molar-refractivity contribution in [3.05, 3.63) is 36.4 Å². The van der Waals surface area contributed by atoms with Crippen molar-refractivity contribution in [2.24, 2.45) is 29.1 Å². The van der Waals surface area contributed by atoms with Crippen molar-refractivity contribution in [1.29, 1.82) is 0 Å². The predicted molar refractivity (Wildman–Crippen MR) is 96.1 cm³/mol. The van der Waals surface area contributed by atoms with Crippen LogP contribution in [0, 0.1) is 42.6 Å². The Bertz CT molecular complexity index is 601. The van der Waals surface area contributed by atoms with Gasteiger partial charge in [-0.3, -0.25) is 0 Å². The van der Waals surface area contributed by atoms with E-state index >= 15 is 0 Å². The van der Waals surface area contributed by atoms with E-state index < -0.39 is 0 Å². The van der Waals surface area contributed by atoms with E-state index in [-0.39, 0.29) is 5.54 Å². The molecule has 1 spiro atoms. The topological polar surface area (TPSA) is 3.24 Å². The molecule has 0 amide bonds. The maximum absolute atomic E-state index is 2.72. The van der Waals surface area contributed by atoms with Gasteiger partial charge in [0.2, 0.25) is 0 Å². The minimum absolute atomic E-state index is 0.251. The van der Waals surface area contributed by atoms with Gasteiger partial charge in [-0.05, 0) is 94.6 Å². The summed E-state index contributed by atoms with van der Waals surface area (Å²) in [7, 11) is 0. The average Bonchev–Trinajstić information content (AvgIpc) is 2.77. The van der Waals surface area contributed by atoms with Crippen LogP contribution in [-0.4, -0.2) is 5.54 Å². The van der Waals surface area contributed by atoms with Gasteiger partial charge >= 0.3 is 0 Å². The second-order valence-corrected chi connectivity index (χ2v) is 9.69. The van der Waals surface area contributed by atoms with Gasteiger partial charge in [0.1, 0.15) is 0 Å².